The Morgan fingerprint density at radius 2 is 1.73 bits per heavy atom. The lowest BCUT2D eigenvalue weighted by atomic mass is 10.1. The molecule has 0 amide bonds. The molecule has 4 rings (SSSR count). The number of phenolic OH excluding ortho intramolecular Hbond substituents is 1. The number of carbonyl (C=O) groups is 1. The maximum absolute atomic E-state index is 11.6. The van der Waals surface area contributed by atoms with Crippen LogP contribution in [-0.4, -0.2) is 28.4 Å². The Kier molecular flexibility index (Phi) is 6.51. The SMILES string of the molecule is COC(=O)c1ccc(Oc2c(-c3ccc(OCc4ccc(Cl)cc4)cc3O)n[nH]c2C)cc1. The molecule has 168 valence electrons. The molecule has 0 unspecified atom stereocenters. The fraction of sp³-hybridized carbons (Fsp3) is 0.120. The van der Waals surface area contributed by atoms with E-state index in [0.717, 1.165) is 5.56 Å². The van der Waals surface area contributed by atoms with Crippen LogP contribution >= 0.6 is 11.6 Å². The van der Waals surface area contributed by atoms with E-state index in [0.29, 0.717) is 51.4 Å². The van der Waals surface area contributed by atoms with E-state index in [4.69, 9.17) is 25.8 Å². The maximum atomic E-state index is 11.6. The Hall–Kier alpha value is -3.97. The molecule has 0 saturated carbocycles. The van der Waals surface area contributed by atoms with Crippen LogP contribution < -0.4 is 9.47 Å². The molecule has 0 spiro atoms. The summed E-state index contributed by atoms with van der Waals surface area (Å²) in [6, 6.07) is 18.9. The Labute approximate surface area is 195 Å². The molecule has 8 heteroatoms. The topological polar surface area (TPSA) is 93.7 Å². The van der Waals surface area contributed by atoms with Gasteiger partial charge in [0.05, 0.1) is 18.4 Å². The van der Waals surface area contributed by atoms with Gasteiger partial charge >= 0.3 is 5.97 Å². The fourth-order valence-corrected chi connectivity index (χ4v) is 3.30. The molecule has 1 heterocycles. The number of phenols is 1. The summed E-state index contributed by atoms with van der Waals surface area (Å²) in [6.07, 6.45) is 0. The largest absolute Gasteiger partial charge is 0.507 e. The number of aromatic amines is 1. The second-order valence-electron chi connectivity index (χ2n) is 7.24. The molecule has 4 aromatic rings. The quantitative estimate of drug-likeness (QED) is 0.330. The number of esters is 1. The van der Waals surface area contributed by atoms with E-state index in [-0.39, 0.29) is 5.75 Å². The number of hydrogen-bond donors (Lipinski definition) is 2. The van der Waals surface area contributed by atoms with Crippen LogP contribution in [0.25, 0.3) is 11.3 Å². The smallest absolute Gasteiger partial charge is 0.337 e. The Bertz CT molecular complexity index is 1270. The number of halogens is 1. The number of hydrogen-bond acceptors (Lipinski definition) is 6. The summed E-state index contributed by atoms with van der Waals surface area (Å²) in [7, 11) is 1.33. The van der Waals surface area contributed by atoms with Gasteiger partial charge in [-0.2, -0.15) is 5.10 Å². The van der Waals surface area contributed by atoms with Crippen LogP contribution in [-0.2, 0) is 11.3 Å². The normalized spacial score (nSPS) is 10.6. The number of ether oxygens (including phenoxy) is 3. The first-order valence-corrected chi connectivity index (χ1v) is 10.4. The second-order valence-corrected chi connectivity index (χ2v) is 7.67. The molecule has 0 saturated heterocycles. The third-order valence-corrected chi connectivity index (χ3v) is 5.18. The number of aromatic nitrogens is 2. The molecule has 0 aliphatic carbocycles. The van der Waals surface area contributed by atoms with Crippen molar-refractivity contribution in [2.75, 3.05) is 7.11 Å². The number of benzene rings is 3. The summed E-state index contributed by atoms with van der Waals surface area (Å²) in [4.78, 5) is 11.6. The number of carbonyl (C=O) groups excluding carboxylic acids is 1. The monoisotopic (exact) mass is 464 g/mol. The van der Waals surface area contributed by atoms with Gasteiger partial charge in [0.2, 0.25) is 0 Å². The predicted octanol–water partition coefficient (Wildman–Crippen LogP) is 5.90. The lowest BCUT2D eigenvalue weighted by Crippen LogP contribution is -2.00. The van der Waals surface area contributed by atoms with E-state index in [1.165, 1.54) is 13.2 Å². The zero-order valence-electron chi connectivity index (χ0n) is 18.0. The molecule has 0 fully saturated rings. The second kappa shape index (κ2) is 9.67. The van der Waals surface area contributed by atoms with E-state index in [2.05, 4.69) is 10.2 Å². The van der Waals surface area contributed by atoms with Crippen LogP contribution in [0, 0.1) is 6.92 Å². The van der Waals surface area contributed by atoms with Gasteiger partial charge in [0.25, 0.3) is 0 Å². The number of H-pyrrole nitrogens is 1. The van der Waals surface area contributed by atoms with Crippen molar-refractivity contribution in [2.45, 2.75) is 13.5 Å². The summed E-state index contributed by atoms with van der Waals surface area (Å²) in [5, 5.41) is 18.5. The van der Waals surface area contributed by atoms with Gasteiger partial charge in [0.15, 0.2) is 5.75 Å². The lowest BCUT2D eigenvalue weighted by molar-refractivity contribution is 0.0600. The molecule has 0 bridgehead atoms. The number of methoxy groups -OCH3 is 1. The fourth-order valence-electron chi connectivity index (χ4n) is 3.17. The highest BCUT2D eigenvalue weighted by Gasteiger charge is 2.18. The highest BCUT2D eigenvalue weighted by molar-refractivity contribution is 6.30. The van der Waals surface area contributed by atoms with Gasteiger partial charge in [-0.3, -0.25) is 5.10 Å². The van der Waals surface area contributed by atoms with Crippen molar-refractivity contribution in [3.05, 3.63) is 88.6 Å². The molecule has 0 aliphatic heterocycles. The van der Waals surface area contributed by atoms with Gasteiger partial charge in [-0.05, 0) is 61.0 Å². The number of nitrogens with one attached hydrogen (secondary N) is 1. The molecule has 0 aliphatic rings. The molecule has 0 radical (unpaired) electrons. The molecule has 33 heavy (non-hydrogen) atoms. The van der Waals surface area contributed by atoms with Crippen LogP contribution in [0.1, 0.15) is 21.6 Å². The van der Waals surface area contributed by atoms with Crippen molar-refractivity contribution < 1.29 is 24.1 Å². The van der Waals surface area contributed by atoms with Gasteiger partial charge in [0.1, 0.15) is 29.5 Å². The van der Waals surface area contributed by atoms with Crippen LogP contribution in [0.5, 0.6) is 23.0 Å². The summed E-state index contributed by atoms with van der Waals surface area (Å²) in [5.74, 6) is 1.06. The molecular weight excluding hydrogens is 444 g/mol. The molecule has 7 nitrogen and oxygen atoms in total. The highest BCUT2D eigenvalue weighted by atomic mass is 35.5. The average Bonchev–Trinajstić information content (AvgIpc) is 3.18. The van der Waals surface area contributed by atoms with Crippen LogP contribution in [0.2, 0.25) is 5.02 Å². The van der Waals surface area contributed by atoms with Crippen LogP contribution in [0.4, 0.5) is 0 Å². The molecule has 1 aromatic heterocycles. The zero-order chi connectivity index (χ0) is 23.4. The predicted molar refractivity (Wildman–Crippen MR) is 124 cm³/mol. The maximum Gasteiger partial charge on any atom is 0.337 e. The standard InChI is InChI=1S/C25H21ClN2O5/c1-15-24(33-19-9-5-17(6-10-19)25(30)31-2)23(28-27-15)21-12-11-20(13-22(21)29)32-14-16-3-7-18(26)8-4-16/h3-13,29H,14H2,1-2H3,(H,27,28). The van der Waals surface area contributed by atoms with E-state index in [9.17, 15) is 9.90 Å². The first kappa shape index (κ1) is 22.2. The zero-order valence-corrected chi connectivity index (χ0v) is 18.7. The first-order chi connectivity index (χ1) is 15.9. The minimum absolute atomic E-state index is 0.000922. The highest BCUT2D eigenvalue weighted by Crippen LogP contribution is 2.39. The number of nitrogens with zero attached hydrogens (tertiary/aromatic N) is 1. The Morgan fingerprint density at radius 1 is 1.03 bits per heavy atom. The van der Waals surface area contributed by atoms with E-state index < -0.39 is 5.97 Å². The van der Waals surface area contributed by atoms with Gasteiger partial charge in [-0.1, -0.05) is 23.7 Å². The van der Waals surface area contributed by atoms with Gasteiger partial charge < -0.3 is 19.3 Å². The van der Waals surface area contributed by atoms with Crippen molar-refractivity contribution in [2.24, 2.45) is 0 Å². The lowest BCUT2D eigenvalue weighted by Gasteiger charge is -2.11. The van der Waals surface area contributed by atoms with Crippen molar-refractivity contribution in [1.29, 1.82) is 0 Å². The molecular formula is C25H21ClN2O5. The minimum Gasteiger partial charge on any atom is -0.507 e. The molecule has 3 aromatic carbocycles. The number of aryl methyl sites for hydroxylation is 1. The van der Waals surface area contributed by atoms with Gasteiger partial charge in [-0.15, -0.1) is 0 Å². The van der Waals surface area contributed by atoms with Crippen molar-refractivity contribution in [1.82, 2.24) is 10.2 Å². The van der Waals surface area contributed by atoms with Crippen LogP contribution in [0.3, 0.4) is 0 Å². The first-order valence-electron chi connectivity index (χ1n) is 10.1. The van der Waals surface area contributed by atoms with Crippen molar-refractivity contribution >= 4 is 17.6 Å². The van der Waals surface area contributed by atoms with Crippen LogP contribution in [0.15, 0.2) is 66.7 Å². The molecule has 2 N–H and O–H groups in total. The van der Waals surface area contributed by atoms with Gasteiger partial charge in [0, 0.05) is 16.7 Å². The van der Waals surface area contributed by atoms with E-state index in [1.54, 1.807) is 48.5 Å². The summed E-state index contributed by atoms with van der Waals surface area (Å²) < 4.78 is 16.5. The summed E-state index contributed by atoms with van der Waals surface area (Å²) in [6.45, 7) is 2.16. The Morgan fingerprint density at radius 3 is 2.39 bits per heavy atom. The Balaban J connectivity index is 1.52. The third-order valence-electron chi connectivity index (χ3n) is 4.93. The average molecular weight is 465 g/mol. The summed E-state index contributed by atoms with van der Waals surface area (Å²) in [5.41, 5.74) is 3.00. The molecule has 0 atom stereocenters. The minimum atomic E-state index is -0.426. The van der Waals surface area contributed by atoms with Gasteiger partial charge in [-0.25, -0.2) is 4.79 Å². The van der Waals surface area contributed by atoms with Crippen molar-refractivity contribution in [3.8, 4) is 34.3 Å². The van der Waals surface area contributed by atoms with E-state index >= 15 is 0 Å². The number of aromatic hydroxyl groups is 1. The summed E-state index contributed by atoms with van der Waals surface area (Å²) >= 11 is 5.91. The van der Waals surface area contributed by atoms with E-state index in [1.807, 2.05) is 19.1 Å². The number of rotatable bonds is 7. The third kappa shape index (κ3) is 5.10. The van der Waals surface area contributed by atoms with Crippen molar-refractivity contribution in [3.63, 3.8) is 0 Å².